The van der Waals surface area contributed by atoms with E-state index in [0.29, 0.717) is 24.9 Å². The molecule has 0 N–H and O–H groups in total. The third-order valence-electron chi connectivity index (χ3n) is 13.0. The van der Waals surface area contributed by atoms with Gasteiger partial charge in [-0.25, -0.2) is 9.98 Å². The van der Waals surface area contributed by atoms with Gasteiger partial charge < -0.3 is 9.64 Å². The minimum Gasteiger partial charge on any atom is -0.490 e. The fourth-order valence-corrected chi connectivity index (χ4v) is 9.72. The number of amidine groups is 1. The van der Waals surface area contributed by atoms with E-state index in [9.17, 15) is 0 Å². The number of rotatable bonds is 10. The van der Waals surface area contributed by atoms with Crippen LogP contribution in [0.25, 0.3) is 38.5 Å². The van der Waals surface area contributed by atoms with Crippen molar-refractivity contribution in [1.82, 2.24) is 4.57 Å². The zero-order chi connectivity index (χ0) is 45.1. The van der Waals surface area contributed by atoms with Gasteiger partial charge in [0.05, 0.1) is 23.3 Å². The van der Waals surface area contributed by atoms with E-state index < -0.39 is 0 Å². The highest BCUT2D eigenvalue weighted by atomic mass is 16.5. The van der Waals surface area contributed by atoms with Gasteiger partial charge in [0.1, 0.15) is 18.4 Å². The Morgan fingerprint density at radius 3 is 2.10 bits per heavy atom. The molecule has 1 aliphatic heterocycles. The van der Waals surface area contributed by atoms with E-state index in [0.717, 1.165) is 85.2 Å². The van der Waals surface area contributed by atoms with Gasteiger partial charge in [0, 0.05) is 39.2 Å². The van der Waals surface area contributed by atoms with Crippen LogP contribution < -0.4 is 4.90 Å². The summed E-state index contributed by atoms with van der Waals surface area (Å²) >= 11 is 0. The highest BCUT2D eigenvalue weighted by Gasteiger charge is 2.38. The highest BCUT2D eigenvalue weighted by molar-refractivity contribution is 6.20. The van der Waals surface area contributed by atoms with Crippen molar-refractivity contribution in [1.29, 1.82) is 0 Å². The summed E-state index contributed by atoms with van der Waals surface area (Å²) in [5.74, 6) is 2.03. The summed E-state index contributed by atoms with van der Waals surface area (Å²) in [6, 6.07) is 61.2. The first-order valence-electron chi connectivity index (χ1n) is 22.8. The summed E-state index contributed by atoms with van der Waals surface area (Å²) in [7, 11) is 0. The van der Waals surface area contributed by atoms with Crippen LogP contribution in [0.15, 0.2) is 238 Å². The molecule has 7 heteroatoms. The SMILES string of the molecule is C=NC(=NC(=NCc1ccc(-c2ccccc2)cc1)n1c2ccccc2c2ccc3c(c21)N(c1ccc(C2=C(OCc4ccccc4)C(N=C)CC=C2)cc1)C1=CC=CCC13)c1ccccc1. The summed E-state index contributed by atoms with van der Waals surface area (Å²) in [4.78, 5) is 22.2. The van der Waals surface area contributed by atoms with E-state index in [4.69, 9.17) is 14.7 Å². The lowest BCUT2D eigenvalue weighted by atomic mass is 9.91. The summed E-state index contributed by atoms with van der Waals surface area (Å²) in [5.41, 5.74) is 14.2. The molecule has 0 saturated heterocycles. The first-order chi connectivity index (χ1) is 33.2. The van der Waals surface area contributed by atoms with E-state index in [1.54, 1.807) is 0 Å². The standard InChI is InChI=1S/C60H48N6O/c1-61-53-26-16-25-48(58(53)67-40-42-17-6-3-7-18-42)45-33-35-47(36-34-45)65-54-27-14-12-23-49(54)51-37-38-52-50-24-13-15-28-55(50)66(57(52)56(51)65)60(64-59(62-2)46-21-10-5-11-22-46)63-39-41-29-31-44(32-30-41)43-19-8-4-9-20-43/h3-22,24-25,27-38,49,53H,1-2,23,26,39-40H2. The summed E-state index contributed by atoms with van der Waals surface area (Å²) in [6.45, 7) is 8.80. The molecule has 0 spiro atoms. The minimum absolute atomic E-state index is 0.158. The van der Waals surface area contributed by atoms with Gasteiger partial charge in [-0.05, 0) is 83.9 Å². The van der Waals surface area contributed by atoms with E-state index in [-0.39, 0.29) is 12.0 Å². The smallest absolute Gasteiger partial charge is 0.232 e. The predicted molar refractivity (Wildman–Crippen MR) is 279 cm³/mol. The molecule has 0 radical (unpaired) electrons. The van der Waals surface area contributed by atoms with Gasteiger partial charge >= 0.3 is 0 Å². The molecule has 0 amide bonds. The maximum Gasteiger partial charge on any atom is 0.232 e. The number of fused-ring (bicyclic) bond motifs is 7. The maximum atomic E-state index is 6.57. The lowest BCUT2D eigenvalue weighted by molar-refractivity contribution is 0.182. The number of anilines is 2. The van der Waals surface area contributed by atoms with Crippen LogP contribution >= 0.6 is 0 Å². The monoisotopic (exact) mass is 868 g/mol. The van der Waals surface area contributed by atoms with Crippen LogP contribution in [0, 0.1) is 0 Å². The Labute approximate surface area is 391 Å². The normalized spacial score (nSPS) is 16.8. The van der Waals surface area contributed by atoms with Crippen LogP contribution in [0.1, 0.15) is 46.6 Å². The van der Waals surface area contributed by atoms with E-state index in [2.05, 4.69) is 185 Å². The first kappa shape index (κ1) is 41.3. The number of para-hydroxylation sites is 1. The van der Waals surface area contributed by atoms with Crippen molar-refractivity contribution in [2.45, 2.75) is 38.0 Å². The zero-order valence-corrected chi connectivity index (χ0v) is 37.1. The number of aliphatic imine (C=N–C) groups is 4. The molecule has 67 heavy (non-hydrogen) atoms. The van der Waals surface area contributed by atoms with Gasteiger partial charge in [-0.1, -0.05) is 182 Å². The third kappa shape index (κ3) is 7.84. The molecule has 8 aromatic rings. The second kappa shape index (κ2) is 18.2. The van der Waals surface area contributed by atoms with Crippen LogP contribution in [0.4, 0.5) is 11.4 Å². The highest BCUT2D eigenvalue weighted by Crippen LogP contribution is 2.54. The van der Waals surface area contributed by atoms with Gasteiger partial charge in [-0.15, -0.1) is 0 Å². The Balaban J connectivity index is 1.07. The van der Waals surface area contributed by atoms with Crippen molar-refractivity contribution in [2.24, 2.45) is 20.0 Å². The van der Waals surface area contributed by atoms with Crippen LogP contribution in [0.2, 0.25) is 0 Å². The Bertz CT molecular complexity index is 3340. The first-order valence-corrected chi connectivity index (χ1v) is 22.8. The minimum atomic E-state index is -0.158. The Kier molecular flexibility index (Phi) is 11.2. The summed E-state index contributed by atoms with van der Waals surface area (Å²) in [6.07, 6.45) is 12.7. The summed E-state index contributed by atoms with van der Waals surface area (Å²) in [5, 5.41) is 2.23. The molecule has 2 unspecified atom stereocenters. The molecule has 324 valence electrons. The number of benzene rings is 7. The molecule has 2 heterocycles. The molecule has 7 nitrogen and oxygen atoms in total. The molecule has 0 bridgehead atoms. The number of allylic oxidation sites excluding steroid dienone is 6. The quantitative estimate of drug-likeness (QED) is 0.101. The molecular weight excluding hydrogens is 821 g/mol. The Morgan fingerprint density at radius 1 is 0.642 bits per heavy atom. The van der Waals surface area contributed by atoms with Crippen molar-refractivity contribution < 1.29 is 4.74 Å². The van der Waals surface area contributed by atoms with Crippen LogP contribution in [-0.4, -0.2) is 35.8 Å². The van der Waals surface area contributed by atoms with Gasteiger partial charge in [-0.3, -0.25) is 9.56 Å². The predicted octanol–water partition coefficient (Wildman–Crippen LogP) is 14.0. The Morgan fingerprint density at radius 2 is 1.34 bits per heavy atom. The molecule has 0 saturated carbocycles. The molecule has 1 aromatic heterocycles. The fourth-order valence-electron chi connectivity index (χ4n) is 9.72. The summed E-state index contributed by atoms with van der Waals surface area (Å²) < 4.78 is 8.82. The average molecular weight is 869 g/mol. The number of ether oxygens (including phenoxy) is 1. The average Bonchev–Trinajstić information content (AvgIpc) is 3.92. The number of aromatic nitrogens is 1. The van der Waals surface area contributed by atoms with Gasteiger partial charge in [0.25, 0.3) is 0 Å². The topological polar surface area (TPSA) is 66.8 Å². The largest absolute Gasteiger partial charge is 0.490 e. The molecule has 3 aliphatic rings. The van der Waals surface area contributed by atoms with E-state index >= 15 is 0 Å². The van der Waals surface area contributed by atoms with Gasteiger partial charge in [0.2, 0.25) is 5.96 Å². The second-order valence-corrected chi connectivity index (χ2v) is 17.0. The Hall–Kier alpha value is -8.42. The fraction of sp³-hybridized carbons (Fsp3) is 0.100. The molecular formula is C60H48N6O. The van der Waals surface area contributed by atoms with Crippen molar-refractivity contribution in [3.05, 3.63) is 246 Å². The zero-order valence-electron chi connectivity index (χ0n) is 37.1. The molecule has 0 fully saturated rings. The molecule has 11 rings (SSSR count). The lowest BCUT2D eigenvalue weighted by Gasteiger charge is -2.26. The molecule has 2 atom stereocenters. The van der Waals surface area contributed by atoms with Crippen LogP contribution in [0.3, 0.4) is 0 Å². The number of nitrogens with zero attached hydrogens (tertiary/aromatic N) is 6. The van der Waals surface area contributed by atoms with Gasteiger partial charge in [0.15, 0.2) is 5.84 Å². The van der Waals surface area contributed by atoms with Crippen molar-refractivity contribution >= 4 is 64.0 Å². The van der Waals surface area contributed by atoms with Crippen molar-refractivity contribution in [3.63, 3.8) is 0 Å². The van der Waals surface area contributed by atoms with Gasteiger partial charge in [-0.2, -0.15) is 4.99 Å². The second-order valence-electron chi connectivity index (χ2n) is 17.0. The van der Waals surface area contributed by atoms with Crippen molar-refractivity contribution in [3.8, 4) is 11.1 Å². The third-order valence-corrected chi connectivity index (χ3v) is 13.0. The van der Waals surface area contributed by atoms with Crippen LogP contribution in [0.5, 0.6) is 0 Å². The van der Waals surface area contributed by atoms with E-state index in [1.165, 1.54) is 16.8 Å². The molecule has 2 aliphatic carbocycles. The van der Waals surface area contributed by atoms with Crippen molar-refractivity contribution in [2.75, 3.05) is 4.90 Å². The number of hydrogen-bond acceptors (Lipinski definition) is 4. The van der Waals surface area contributed by atoms with Crippen LogP contribution in [-0.2, 0) is 17.9 Å². The number of hydrogen-bond donors (Lipinski definition) is 0. The maximum absolute atomic E-state index is 6.57. The van der Waals surface area contributed by atoms with E-state index in [1.807, 2.05) is 54.6 Å². The molecule has 7 aromatic carbocycles. The lowest BCUT2D eigenvalue weighted by Crippen LogP contribution is -2.17.